The molecule has 1 fully saturated rings. The van der Waals surface area contributed by atoms with Crippen LogP contribution in [0.15, 0.2) is 23.1 Å². The molecule has 0 radical (unpaired) electrons. The number of hydrogen-bond donors (Lipinski definition) is 3. The van der Waals surface area contributed by atoms with E-state index in [0.717, 1.165) is 0 Å². The maximum atomic E-state index is 12.2. The third kappa shape index (κ3) is 2.27. The third-order valence-electron chi connectivity index (χ3n) is 5.11. The monoisotopic (exact) mass is 298 g/mol. The minimum absolute atomic E-state index is 0.0555. The zero-order valence-electron chi connectivity index (χ0n) is 12.3. The van der Waals surface area contributed by atoms with Crippen molar-refractivity contribution in [3.8, 4) is 5.75 Å². The van der Waals surface area contributed by atoms with E-state index in [1.54, 1.807) is 0 Å². The van der Waals surface area contributed by atoms with Crippen molar-refractivity contribution in [2.24, 2.45) is 16.7 Å². The molecule has 1 aromatic rings. The van der Waals surface area contributed by atoms with Crippen LogP contribution in [0.25, 0.3) is 0 Å². The number of nitrogen functional groups attached to an aromatic ring is 1. The third-order valence-corrected chi connectivity index (χ3v) is 6.53. The lowest BCUT2D eigenvalue weighted by Crippen LogP contribution is -2.27. The highest BCUT2D eigenvalue weighted by atomic mass is 32.2. The first kappa shape index (κ1) is 15.1. The molecule has 0 amide bonds. The molecule has 6 heteroatoms. The summed E-state index contributed by atoms with van der Waals surface area (Å²) in [7, 11) is -3.60. The van der Waals surface area contributed by atoms with Gasteiger partial charge in [0.05, 0.1) is 10.6 Å². The second-order valence-corrected chi connectivity index (χ2v) is 8.34. The van der Waals surface area contributed by atoms with E-state index >= 15 is 0 Å². The largest absolute Gasteiger partial charge is 0.506 e. The quantitative estimate of drug-likeness (QED) is 0.585. The van der Waals surface area contributed by atoms with Gasteiger partial charge in [-0.25, -0.2) is 13.1 Å². The summed E-state index contributed by atoms with van der Waals surface area (Å²) in [6.45, 7) is 8.98. The molecule has 1 aromatic carbocycles. The smallest absolute Gasteiger partial charge is 0.240 e. The zero-order chi connectivity index (χ0) is 15.3. The number of nitrogens with two attached hydrogens (primary N) is 1. The van der Waals surface area contributed by atoms with Gasteiger partial charge in [0.1, 0.15) is 5.75 Å². The second kappa shape index (κ2) is 4.36. The van der Waals surface area contributed by atoms with E-state index in [-0.39, 0.29) is 27.2 Å². The van der Waals surface area contributed by atoms with E-state index in [1.807, 2.05) is 0 Å². The highest BCUT2D eigenvalue weighted by Crippen LogP contribution is 2.67. The Morgan fingerprint density at radius 2 is 1.80 bits per heavy atom. The van der Waals surface area contributed by atoms with Crippen LogP contribution < -0.4 is 10.5 Å². The second-order valence-electron chi connectivity index (χ2n) is 6.57. The van der Waals surface area contributed by atoms with E-state index < -0.39 is 10.0 Å². The van der Waals surface area contributed by atoms with E-state index in [0.29, 0.717) is 12.5 Å². The van der Waals surface area contributed by atoms with E-state index in [9.17, 15) is 13.5 Å². The van der Waals surface area contributed by atoms with Gasteiger partial charge in [0.15, 0.2) is 0 Å². The van der Waals surface area contributed by atoms with Gasteiger partial charge in [0.25, 0.3) is 0 Å². The van der Waals surface area contributed by atoms with Crippen LogP contribution in [0, 0.1) is 16.7 Å². The van der Waals surface area contributed by atoms with Crippen LogP contribution in [0.1, 0.15) is 27.7 Å². The molecule has 0 spiro atoms. The van der Waals surface area contributed by atoms with Gasteiger partial charge in [0, 0.05) is 6.54 Å². The van der Waals surface area contributed by atoms with Crippen molar-refractivity contribution < 1.29 is 13.5 Å². The number of benzene rings is 1. The number of anilines is 1. The van der Waals surface area contributed by atoms with Crippen LogP contribution >= 0.6 is 0 Å². The fourth-order valence-corrected chi connectivity index (χ4v) is 3.90. The average molecular weight is 298 g/mol. The van der Waals surface area contributed by atoms with E-state index in [4.69, 9.17) is 5.73 Å². The summed E-state index contributed by atoms with van der Waals surface area (Å²) >= 11 is 0. The lowest BCUT2D eigenvalue weighted by Gasteiger charge is -2.09. The Kier molecular flexibility index (Phi) is 3.30. The molecule has 1 saturated carbocycles. The highest BCUT2D eigenvalue weighted by molar-refractivity contribution is 7.89. The van der Waals surface area contributed by atoms with Gasteiger partial charge < -0.3 is 10.8 Å². The van der Waals surface area contributed by atoms with Gasteiger partial charge >= 0.3 is 0 Å². The normalized spacial score (nSPS) is 20.8. The molecule has 2 rings (SSSR count). The molecule has 0 atom stereocenters. The van der Waals surface area contributed by atoms with Crippen molar-refractivity contribution in [2.45, 2.75) is 32.6 Å². The summed E-state index contributed by atoms with van der Waals surface area (Å²) in [4.78, 5) is 0.0732. The Hall–Kier alpha value is -1.27. The minimum Gasteiger partial charge on any atom is -0.506 e. The first-order valence-electron chi connectivity index (χ1n) is 6.58. The highest BCUT2D eigenvalue weighted by Gasteiger charge is 2.64. The standard InChI is InChI=1S/C14H22N2O3S/c1-13(2)12(14(13,3)4)8-16-20(18,19)9-5-6-11(17)10(15)7-9/h5-7,12,16-17H,8,15H2,1-4H3. The molecule has 0 saturated heterocycles. The number of nitrogens with one attached hydrogen (secondary N) is 1. The molecule has 1 aliphatic carbocycles. The molecule has 0 aromatic heterocycles. The van der Waals surface area contributed by atoms with Gasteiger partial charge in [-0.1, -0.05) is 27.7 Å². The van der Waals surface area contributed by atoms with Gasteiger partial charge in [-0.15, -0.1) is 0 Å². The minimum atomic E-state index is -3.60. The van der Waals surface area contributed by atoms with Gasteiger partial charge in [-0.3, -0.25) is 0 Å². The maximum absolute atomic E-state index is 12.2. The van der Waals surface area contributed by atoms with Crippen LogP contribution in [0.3, 0.4) is 0 Å². The Bertz CT molecular complexity index is 622. The SMILES string of the molecule is CC1(C)C(CNS(=O)(=O)c2ccc(O)c(N)c2)C1(C)C. The molecule has 0 aliphatic heterocycles. The lowest BCUT2D eigenvalue weighted by molar-refractivity contribution is 0.457. The number of phenols is 1. The molecule has 0 bridgehead atoms. The summed E-state index contributed by atoms with van der Waals surface area (Å²) in [5.74, 6) is 0.188. The Labute approximate surface area is 120 Å². The summed E-state index contributed by atoms with van der Waals surface area (Å²) in [6, 6.07) is 3.90. The lowest BCUT2D eigenvalue weighted by atomic mass is 10.0. The van der Waals surface area contributed by atoms with Crippen molar-refractivity contribution in [1.82, 2.24) is 4.72 Å². The Balaban J connectivity index is 2.11. The van der Waals surface area contributed by atoms with E-state index in [2.05, 4.69) is 32.4 Å². The summed E-state index contributed by atoms with van der Waals surface area (Å²) < 4.78 is 27.0. The first-order chi connectivity index (χ1) is 9.00. The summed E-state index contributed by atoms with van der Waals surface area (Å²) in [6.07, 6.45) is 0. The first-order valence-corrected chi connectivity index (χ1v) is 8.06. The predicted octanol–water partition coefficient (Wildman–Crippen LogP) is 1.93. The molecule has 5 nitrogen and oxygen atoms in total. The Morgan fingerprint density at radius 3 is 2.25 bits per heavy atom. The fourth-order valence-electron chi connectivity index (χ4n) is 2.82. The van der Waals surface area contributed by atoms with Crippen LogP contribution in [0.4, 0.5) is 5.69 Å². The predicted molar refractivity (Wildman–Crippen MR) is 78.8 cm³/mol. The zero-order valence-corrected chi connectivity index (χ0v) is 13.1. The van der Waals surface area contributed by atoms with Crippen molar-refractivity contribution in [2.75, 3.05) is 12.3 Å². The van der Waals surface area contributed by atoms with Crippen LogP contribution in [0.5, 0.6) is 5.75 Å². The summed E-state index contributed by atoms with van der Waals surface area (Å²) in [5, 5.41) is 9.33. The fraction of sp³-hybridized carbons (Fsp3) is 0.571. The topological polar surface area (TPSA) is 92.4 Å². The van der Waals surface area contributed by atoms with Gasteiger partial charge in [-0.05, 0) is 34.9 Å². The number of rotatable bonds is 4. The van der Waals surface area contributed by atoms with E-state index in [1.165, 1.54) is 18.2 Å². The molecule has 0 unspecified atom stereocenters. The van der Waals surface area contributed by atoms with Crippen LogP contribution in [-0.2, 0) is 10.0 Å². The number of hydrogen-bond acceptors (Lipinski definition) is 4. The molecule has 20 heavy (non-hydrogen) atoms. The molecular weight excluding hydrogens is 276 g/mol. The number of phenolic OH excluding ortho intramolecular Hbond substituents is 1. The van der Waals surface area contributed by atoms with Crippen LogP contribution in [-0.4, -0.2) is 20.1 Å². The van der Waals surface area contributed by atoms with Gasteiger partial charge in [0.2, 0.25) is 10.0 Å². The number of aromatic hydroxyl groups is 1. The molecule has 0 heterocycles. The van der Waals surface area contributed by atoms with Crippen molar-refractivity contribution in [3.63, 3.8) is 0 Å². The number of sulfonamides is 1. The van der Waals surface area contributed by atoms with Crippen molar-refractivity contribution in [3.05, 3.63) is 18.2 Å². The van der Waals surface area contributed by atoms with Crippen LogP contribution in [0.2, 0.25) is 0 Å². The van der Waals surface area contributed by atoms with Crippen molar-refractivity contribution in [1.29, 1.82) is 0 Å². The molecule has 112 valence electrons. The summed E-state index contributed by atoms with van der Waals surface area (Å²) in [5.41, 5.74) is 5.84. The van der Waals surface area contributed by atoms with Gasteiger partial charge in [-0.2, -0.15) is 0 Å². The van der Waals surface area contributed by atoms with Crippen molar-refractivity contribution >= 4 is 15.7 Å². The molecule has 1 aliphatic rings. The molecule has 4 N–H and O–H groups in total. The average Bonchev–Trinajstić information content (AvgIpc) is 2.70. The maximum Gasteiger partial charge on any atom is 0.240 e. The molecular formula is C14H22N2O3S. The Morgan fingerprint density at radius 1 is 1.25 bits per heavy atom.